The molecule has 0 radical (unpaired) electrons. The van der Waals surface area contributed by atoms with E-state index in [0.717, 1.165) is 51.6 Å². The molecular formula is C34H38N4O5. The average molecular weight is 583 g/mol. The van der Waals surface area contributed by atoms with E-state index >= 15 is 0 Å². The fraction of sp³-hybridized carbons (Fsp3) is 0.324. The molecule has 43 heavy (non-hydrogen) atoms. The second-order valence-electron chi connectivity index (χ2n) is 10.8. The lowest BCUT2D eigenvalue weighted by atomic mass is 9.98. The molecule has 0 fully saturated rings. The summed E-state index contributed by atoms with van der Waals surface area (Å²) < 4.78 is 10.9. The Morgan fingerprint density at radius 3 is 2.33 bits per heavy atom. The minimum atomic E-state index is -0.914. The van der Waals surface area contributed by atoms with Crippen molar-refractivity contribution in [3.63, 3.8) is 0 Å². The number of ether oxygens (including phenoxy) is 2. The fourth-order valence-electron chi connectivity index (χ4n) is 5.53. The number of benzene rings is 3. The molecule has 0 saturated heterocycles. The number of H-pyrrole nitrogens is 1. The Labute approximate surface area is 251 Å². The molecule has 0 unspecified atom stereocenters. The first-order chi connectivity index (χ1) is 21.0. The molecule has 3 aromatic carbocycles. The SMILES string of the molecule is CCCCOC(=O)[C@H](N)CCNC(=O)[C@@H](Cc1c[nH]c2ccccc12)NC(=O)OCC1c2ccccc2-c2ccccc21. The monoisotopic (exact) mass is 582 g/mol. The Bertz CT molecular complexity index is 1540. The van der Waals surface area contributed by atoms with E-state index in [1.807, 2.05) is 61.7 Å². The molecule has 5 N–H and O–H groups in total. The van der Waals surface area contributed by atoms with Crippen molar-refractivity contribution in [3.05, 3.63) is 95.7 Å². The van der Waals surface area contributed by atoms with Gasteiger partial charge in [-0.15, -0.1) is 0 Å². The van der Waals surface area contributed by atoms with Gasteiger partial charge in [-0.05, 0) is 46.7 Å². The number of esters is 1. The smallest absolute Gasteiger partial charge is 0.407 e. The summed E-state index contributed by atoms with van der Waals surface area (Å²) in [5, 5.41) is 6.56. The number of amides is 2. The van der Waals surface area contributed by atoms with Gasteiger partial charge in [-0.3, -0.25) is 9.59 Å². The normalized spacial score (nSPS) is 13.5. The number of unbranched alkanes of at least 4 members (excludes halogenated alkanes) is 1. The third kappa shape index (κ3) is 7.06. The van der Waals surface area contributed by atoms with E-state index in [0.29, 0.717) is 6.61 Å². The highest BCUT2D eigenvalue weighted by atomic mass is 16.5. The number of para-hydroxylation sites is 1. The quantitative estimate of drug-likeness (QED) is 0.132. The second kappa shape index (κ2) is 14.0. The van der Waals surface area contributed by atoms with Crippen LogP contribution in [-0.4, -0.2) is 54.8 Å². The summed E-state index contributed by atoms with van der Waals surface area (Å²) in [5.41, 5.74) is 12.3. The molecule has 1 aliphatic rings. The van der Waals surface area contributed by atoms with Crippen molar-refractivity contribution in [3.8, 4) is 11.1 Å². The lowest BCUT2D eigenvalue weighted by Gasteiger charge is -2.20. The highest BCUT2D eigenvalue weighted by Crippen LogP contribution is 2.44. The van der Waals surface area contributed by atoms with Crippen LogP contribution in [0.4, 0.5) is 4.79 Å². The first kappa shape index (κ1) is 29.8. The maximum atomic E-state index is 13.3. The van der Waals surface area contributed by atoms with E-state index in [9.17, 15) is 14.4 Å². The van der Waals surface area contributed by atoms with Crippen molar-refractivity contribution in [1.82, 2.24) is 15.6 Å². The topological polar surface area (TPSA) is 136 Å². The number of rotatable bonds is 13. The molecule has 2 atom stereocenters. The summed E-state index contributed by atoms with van der Waals surface area (Å²) in [6, 6.07) is 22.2. The lowest BCUT2D eigenvalue weighted by molar-refractivity contribution is -0.145. The van der Waals surface area contributed by atoms with Crippen molar-refractivity contribution in [2.75, 3.05) is 19.8 Å². The predicted molar refractivity (Wildman–Crippen MR) is 165 cm³/mol. The van der Waals surface area contributed by atoms with E-state index in [1.165, 1.54) is 0 Å². The number of aromatic nitrogens is 1. The van der Waals surface area contributed by atoms with Crippen molar-refractivity contribution < 1.29 is 23.9 Å². The molecule has 9 nitrogen and oxygen atoms in total. The Morgan fingerprint density at radius 2 is 1.60 bits per heavy atom. The Hall–Kier alpha value is -4.63. The Balaban J connectivity index is 1.23. The zero-order valence-corrected chi connectivity index (χ0v) is 24.3. The zero-order valence-electron chi connectivity index (χ0n) is 24.3. The number of aromatic amines is 1. The van der Waals surface area contributed by atoms with Crippen LogP contribution in [0.5, 0.6) is 0 Å². The molecule has 5 rings (SSSR count). The van der Waals surface area contributed by atoms with Gasteiger partial charge in [0, 0.05) is 36.0 Å². The van der Waals surface area contributed by atoms with Crippen molar-refractivity contribution in [2.45, 2.75) is 50.6 Å². The Morgan fingerprint density at radius 1 is 0.930 bits per heavy atom. The molecule has 1 aromatic heterocycles. The zero-order chi connectivity index (χ0) is 30.2. The van der Waals surface area contributed by atoms with Crippen LogP contribution >= 0.6 is 0 Å². The van der Waals surface area contributed by atoms with Crippen LogP contribution in [0.25, 0.3) is 22.0 Å². The summed E-state index contributed by atoms with van der Waals surface area (Å²) in [7, 11) is 0. The van der Waals surface area contributed by atoms with Gasteiger partial charge >= 0.3 is 12.1 Å². The number of nitrogens with one attached hydrogen (secondary N) is 3. The lowest BCUT2D eigenvalue weighted by Crippen LogP contribution is -2.49. The molecule has 4 aromatic rings. The van der Waals surface area contributed by atoms with Crippen LogP contribution in [-0.2, 0) is 25.5 Å². The van der Waals surface area contributed by atoms with Crippen molar-refractivity contribution in [1.29, 1.82) is 0 Å². The van der Waals surface area contributed by atoms with Crippen molar-refractivity contribution in [2.24, 2.45) is 5.73 Å². The molecule has 2 amide bonds. The molecule has 9 heteroatoms. The van der Waals surface area contributed by atoms with Crippen LogP contribution in [0, 0.1) is 0 Å². The molecule has 1 aliphatic carbocycles. The summed E-state index contributed by atoms with van der Waals surface area (Å²) in [5.74, 6) is -0.988. The van der Waals surface area contributed by atoms with Gasteiger partial charge in [0.1, 0.15) is 18.7 Å². The minimum Gasteiger partial charge on any atom is -0.465 e. The van der Waals surface area contributed by atoms with Crippen molar-refractivity contribution >= 4 is 28.9 Å². The standard InChI is InChI=1S/C34H38N4O5/c1-2-3-18-42-33(40)29(35)16-17-36-32(39)31(19-22-20-37-30-15-9-8-10-23(22)30)38-34(41)43-21-28-26-13-6-4-11-24(26)25-12-5-7-14-27(25)28/h4-15,20,28-29,31,37H,2-3,16-19,21,35H2,1H3,(H,36,39)(H,38,41)/t29-,31-/m1/s1. The van der Waals surface area contributed by atoms with Gasteiger partial charge in [-0.1, -0.05) is 80.1 Å². The maximum absolute atomic E-state index is 13.3. The molecular weight excluding hydrogens is 544 g/mol. The molecule has 224 valence electrons. The summed E-state index contributed by atoms with van der Waals surface area (Å²) in [4.78, 5) is 41.8. The summed E-state index contributed by atoms with van der Waals surface area (Å²) in [6.45, 7) is 2.62. The summed E-state index contributed by atoms with van der Waals surface area (Å²) >= 11 is 0. The largest absolute Gasteiger partial charge is 0.465 e. The van der Waals surface area contributed by atoms with E-state index in [1.54, 1.807) is 0 Å². The van der Waals surface area contributed by atoms with Crippen LogP contribution in [0.15, 0.2) is 79.0 Å². The van der Waals surface area contributed by atoms with Crippen LogP contribution < -0.4 is 16.4 Å². The van der Waals surface area contributed by atoms with Gasteiger partial charge < -0.3 is 30.8 Å². The third-order valence-electron chi connectivity index (χ3n) is 7.85. The van der Waals surface area contributed by atoms with E-state index in [2.05, 4.69) is 39.9 Å². The number of carbonyl (C=O) groups is 3. The van der Waals surface area contributed by atoms with Gasteiger partial charge in [0.2, 0.25) is 5.91 Å². The molecule has 0 spiro atoms. The number of carbonyl (C=O) groups excluding carboxylic acids is 3. The van der Waals surface area contributed by atoms with Gasteiger partial charge in [-0.25, -0.2) is 4.79 Å². The third-order valence-corrected chi connectivity index (χ3v) is 7.85. The first-order valence-electron chi connectivity index (χ1n) is 14.8. The fourth-order valence-corrected chi connectivity index (χ4v) is 5.53. The number of fused-ring (bicyclic) bond motifs is 4. The first-order valence-corrected chi connectivity index (χ1v) is 14.8. The second-order valence-corrected chi connectivity index (χ2v) is 10.8. The van der Waals surface area contributed by atoms with Crippen LogP contribution in [0.3, 0.4) is 0 Å². The summed E-state index contributed by atoms with van der Waals surface area (Å²) in [6.07, 6.45) is 3.29. The number of hydrogen-bond donors (Lipinski definition) is 4. The highest BCUT2D eigenvalue weighted by Gasteiger charge is 2.30. The Kier molecular flexibility index (Phi) is 9.73. The average Bonchev–Trinajstić information content (AvgIpc) is 3.58. The minimum absolute atomic E-state index is 0.0994. The van der Waals surface area contributed by atoms with E-state index in [4.69, 9.17) is 15.2 Å². The maximum Gasteiger partial charge on any atom is 0.407 e. The molecule has 0 aliphatic heterocycles. The number of nitrogens with two attached hydrogens (primary N) is 1. The number of alkyl carbamates (subject to hydrolysis) is 1. The van der Waals surface area contributed by atoms with Gasteiger partial charge in [-0.2, -0.15) is 0 Å². The van der Waals surface area contributed by atoms with Crippen LogP contribution in [0.2, 0.25) is 0 Å². The molecule has 0 bridgehead atoms. The van der Waals surface area contributed by atoms with E-state index in [-0.39, 0.29) is 31.9 Å². The molecule has 0 saturated carbocycles. The highest BCUT2D eigenvalue weighted by molar-refractivity contribution is 5.88. The van der Waals surface area contributed by atoms with E-state index < -0.39 is 30.1 Å². The van der Waals surface area contributed by atoms with Gasteiger partial charge in [0.25, 0.3) is 0 Å². The van der Waals surface area contributed by atoms with Gasteiger partial charge in [0.05, 0.1) is 6.61 Å². The molecule has 1 heterocycles. The predicted octanol–water partition coefficient (Wildman–Crippen LogP) is 4.79. The number of hydrogen-bond acceptors (Lipinski definition) is 6. The van der Waals surface area contributed by atoms with Gasteiger partial charge in [0.15, 0.2) is 0 Å². The van der Waals surface area contributed by atoms with Crippen LogP contribution in [0.1, 0.15) is 48.8 Å².